The molecule has 0 heterocycles. The number of methoxy groups -OCH3 is 1. The van der Waals surface area contributed by atoms with Crippen molar-refractivity contribution < 1.29 is 9.47 Å². The van der Waals surface area contributed by atoms with Gasteiger partial charge in [-0.15, -0.1) is 0 Å². The average Bonchev–Trinajstić information content (AvgIpc) is 2.51. The van der Waals surface area contributed by atoms with E-state index in [2.05, 4.69) is 25.7 Å². The van der Waals surface area contributed by atoms with Gasteiger partial charge in [0, 0.05) is 18.6 Å². The average molecular weight is 280 g/mol. The summed E-state index contributed by atoms with van der Waals surface area (Å²) in [7, 11) is 1.66. The van der Waals surface area contributed by atoms with E-state index in [4.69, 9.17) is 15.2 Å². The highest BCUT2D eigenvalue weighted by atomic mass is 16.5. The van der Waals surface area contributed by atoms with Crippen LogP contribution in [0.15, 0.2) is 24.3 Å². The van der Waals surface area contributed by atoms with Crippen molar-refractivity contribution in [1.29, 1.82) is 0 Å². The quantitative estimate of drug-likeness (QED) is 0.755. The summed E-state index contributed by atoms with van der Waals surface area (Å²) in [6.07, 6.45) is 1.03. The minimum absolute atomic E-state index is 0.0406. The first-order chi connectivity index (χ1) is 9.61. The number of ether oxygens (including phenoxy) is 2. The molecule has 0 aliphatic carbocycles. The molecule has 0 amide bonds. The molecule has 0 bridgehead atoms. The van der Waals surface area contributed by atoms with Crippen molar-refractivity contribution in [3.05, 3.63) is 24.3 Å². The standard InChI is InChI=1S/C16H28N2O2/c1-5-16(3,13-17)18(6-2)11-12-20-15-10-8-7-9-14(15)19-4/h7-10H,5-6,11-13,17H2,1-4H3. The third-order valence-corrected chi connectivity index (χ3v) is 4.03. The van der Waals surface area contributed by atoms with E-state index in [0.717, 1.165) is 31.0 Å². The van der Waals surface area contributed by atoms with Gasteiger partial charge in [0.1, 0.15) is 6.61 Å². The first kappa shape index (κ1) is 16.8. The molecule has 1 atom stereocenters. The van der Waals surface area contributed by atoms with E-state index in [1.54, 1.807) is 7.11 Å². The van der Waals surface area contributed by atoms with Crippen molar-refractivity contribution in [2.75, 3.05) is 33.4 Å². The summed E-state index contributed by atoms with van der Waals surface area (Å²) >= 11 is 0. The van der Waals surface area contributed by atoms with E-state index in [-0.39, 0.29) is 5.54 Å². The van der Waals surface area contributed by atoms with E-state index >= 15 is 0 Å². The van der Waals surface area contributed by atoms with E-state index < -0.39 is 0 Å². The highest BCUT2D eigenvalue weighted by molar-refractivity contribution is 5.39. The number of nitrogens with two attached hydrogens (primary N) is 1. The van der Waals surface area contributed by atoms with Gasteiger partial charge in [0.05, 0.1) is 7.11 Å². The molecule has 1 aromatic rings. The molecule has 1 aromatic carbocycles. The second-order valence-corrected chi connectivity index (χ2v) is 5.13. The number of hydrogen-bond acceptors (Lipinski definition) is 4. The fourth-order valence-corrected chi connectivity index (χ4v) is 2.31. The Morgan fingerprint density at radius 2 is 1.85 bits per heavy atom. The van der Waals surface area contributed by atoms with Gasteiger partial charge in [0.2, 0.25) is 0 Å². The van der Waals surface area contributed by atoms with Crippen LogP contribution in [0.4, 0.5) is 0 Å². The zero-order valence-corrected chi connectivity index (χ0v) is 13.2. The molecule has 4 heteroatoms. The largest absolute Gasteiger partial charge is 0.493 e. The zero-order chi connectivity index (χ0) is 15.0. The lowest BCUT2D eigenvalue weighted by molar-refractivity contribution is 0.0922. The molecule has 0 saturated heterocycles. The molecule has 1 rings (SSSR count). The molecule has 114 valence electrons. The van der Waals surface area contributed by atoms with Gasteiger partial charge in [-0.3, -0.25) is 4.90 Å². The van der Waals surface area contributed by atoms with Crippen LogP contribution in [-0.4, -0.2) is 43.8 Å². The van der Waals surface area contributed by atoms with Crippen LogP contribution in [0.5, 0.6) is 11.5 Å². The summed E-state index contributed by atoms with van der Waals surface area (Å²) in [5.41, 5.74) is 5.96. The lowest BCUT2D eigenvalue weighted by Gasteiger charge is -2.39. The first-order valence-electron chi connectivity index (χ1n) is 7.32. The number of rotatable bonds is 9. The van der Waals surface area contributed by atoms with Gasteiger partial charge in [0.15, 0.2) is 11.5 Å². The molecule has 0 spiro atoms. The molecule has 0 radical (unpaired) electrons. The molecule has 1 unspecified atom stereocenters. The van der Waals surface area contributed by atoms with Crippen LogP contribution in [0.25, 0.3) is 0 Å². The van der Waals surface area contributed by atoms with E-state index in [1.807, 2.05) is 24.3 Å². The van der Waals surface area contributed by atoms with Crippen LogP contribution in [0.1, 0.15) is 27.2 Å². The normalized spacial score (nSPS) is 14.1. The maximum atomic E-state index is 5.92. The highest BCUT2D eigenvalue weighted by Crippen LogP contribution is 2.26. The van der Waals surface area contributed by atoms with E-state index in [0.29, 0.717) is 13.2 Å². The highest BCUT2D eigenvalue weighted by Gasteiger charge is 2.27. The Balaban J connectivity index is 2.57. The van der Waals surface area contributed by atoms with Gasteiger partial charge in [0.25, 0.3) is 0 Å². The summed E-state index contributed by atoms with van der Waals surface area (Å²) < 4.78 is 11.1. The van der Waals surface area contributed by atoms with Gasteiger partial charge in [-0.25, -0.2) is 0 Å². The van der Waals surface area contributed by atoms with Crippen LogP contribution in [0.2, 0.25) is 0 Å². The van der Waals surface area contributed by atoms with Crippen molar-refractivity contribution in [3.63, 3.8) is 0 Å². The maximum absolute atomic E-state index is 5.92. The number of hydrogen-bond donors (Lipinski definition) is 1. The van der Waals surface area contributed by atoms with Crippen LogP contribution >= 0.6 is 0 Å². The number of benzene rings is 1. The SMILES string of the molecule is CCN(CCOc1ccccc1OC)C(C)(CC)CN. The second kappa shape index (κ2) is 8.12. The molecular formula is C16H28N2O2. The van der Waals surface area contributed by atoms with Gasteiger partial charge in [-0.05, 0) is 32.0 Å². The van der Waals surface area contributed by atoms with E-state index in [1.165, 1.54) is 0 Å². The molecule has 0 saturated carbocycles. The molecule has 20 heavy (non-hydrogen) atoms. The van der Waals surface area contributed by atoms with Crippen LogP contribution in [0.3, 0.4) is 0 Å². The fourth-order valence-electron chi connectivity index (χ4n) is 2.31. The fraction of sp³-hybridized carbons (Fsp3) is 0.625. The topological polar surface area (TPSA) is 47.7 Å². The Bertz CT molecular complexity index is 392. The molecule has 0 aliphatic heterocycles. The van der Waals surface area contributed by atoms with Crippen LogP contribution in [0, 0.1) is 0 Å². The minimum atomic E-state index is 0.0406. The summed E-state index contributed by atoms with van der Waals surface area (Å²) in [4.78, 5) is 2.38. The molecule has 4 nitrogen and oxygen atoms in total. The zero-order valence-electron chi connectivity index (χ0n) is 13.2. The Kier molecular flexibility index (Phi) is 6.82. The van der Waals surface area contributed by atoms with Gasteiger partial charge in [-0.2, -0.15) is 0 Å². The van der Waals surface area contributed by atoms with Gasteiger partial charge in [-0.1, -0.05) is 26.0 Å². The Hall–Kier alpha value is -1.26. The van der Waals surface area contributed by atoms with Crippen LogP contribution < -0.4 is 15.2 Å². The smallest absolute Gasteiger partial charge is 0.161 e. The van der Waals surface area contributed by atoms with Gasteiger partial charge >= 0.3 is 0 Å². The van der Waals surface area contributed by atoms with Crippen molar-refractivity contribution in [2.45, 2.75) is 32.7 Å². The molecule has 0 aromatic heterocycles. The summed E-state index contributed by atoms with van der Waals surface area (Å²) in [5, 5.41) is 0. The Labute approximate surface area is 122 Å². The molecular weight excluding hydrogens is 252 g/mol. The Morgan fingerprint density at radius 3 is 2.35 bits per heavy atom. The molecule has 0 fully saturated rings. The van der Waals surface area contributed by atoms with E-state index in [9.17, 15) is 0 Å². The summed E-state index contributed by atoms with van der Waals surface area (Å²) in [6, 6.07) is 7.72. The summed E-state index contributed by atoms with van der Waals surface area (Å²) in [6.45, 7) is 9.66. The number of para-hydroxylation sites is 2. The van der Waals surface area contributed by atoms with Crippen LogP contribution in [-0.2, 0) is 0 Å². The van der Waals surface area contributed by atoms with Gasteiger partial charge < -0.3 is 15.2 Å². The third-order valence-electron chi connectivity index (χ3n) is 4.03. The number of nitrogens with zero attached hydrogens (tertiary/aromatic N) is 1. The van der Waals surface area contributed by atoms with Crippen molar-refractivity contribution >= 4 is 0 Å². The maximum Gasteiger partial charge on any atom is 0.161 e. The second-order valence-electron chi connectivity index (χ2n) is 5.13. The Morgan fingerprint density at radius 1 is 1.20 bits per heavy atom. The monoisotopic (exact) mass is 280 g/mol. The predicted octanol–water partition coefficient (Wildman–Crippen LogP) is 2.52. The lowest BCUT2D eigenvalue weighted by atomic mass is 9.96. The lowest BCUT2D eigenvalue weighted by Crippen LogP contribution is -2.52. The first-order valence-corrected chi connectivity index (χ1v) is 7.32. The summed E-state index contributed by atoms with van der Waals surface area (Å²) in [5.74, 6) is 1.56. The molecule has 0 aliphatic rings. The third kappa shape index (κ3) is 4.12. The van der Waals surface area contributed by atoms with Crippen molar-refractivity contribution in [2.24, 2.45) is 5.73 Å². The van der Waals surface area contributed by atoms with Crippen molar-refractivity contribution in [3.8, 4) is 11.5 Å². The number of likely N-dealkylation sites (N-methyl/N-ethyl adjacent to an activating group) is 1. The molecule has 2 N–H and O–H groups in total. The van der Waals surface area contributed by atoms with Crippen molar-refractivity contribution in [1.82, 2.24) is 4.90 Å². The predicted molar refractivity (Wildman–Crippen MR) is 83.5 cm³/mol. The minimum Gasteiger partial charge on any atom is -0.493 e.